The van der Waals surface area contributed by atoms with Crippen molar-refractivity contribution in [3.05, 3.63) is 28.2 Å². The van der Waals surface area contributed by atoms with Crippen molar-refractivity contribution in [1.82, 2.24) is 4.90 Å². The molecule has 4 nitrogen and oxygen atoms in total. The molecular weight excluding hydrogens is 306 g/mol. The van der Waals surface area contributed by atoms with E-state index in [-0.39, 0.29) is 12.5 Å². The van der Waals surface area contributed by atoms with Crippen LogP contribution in [0.3, 0.4) is 0 Å². The standard InChI is InChI=1S/C14H18BrN3O/c1-4-8-18(10-14(19)17(2)3)13-7-5-6-12(15)11(13)9-16/h5-7H,4,8,10H2,1-3H3. The second kappa shape index (κ2) is 7.15. The molecule has 0 saturated heterocycles. The van der Waals surface area contributed by atoms with Crippen LogP contribution in [0.1, 0.15) is 18.9 Å². The number of hydrogen-bond acceptors (Lipinski definition) is 3. The second-order valence-electron chi connectivity index (χ2n) is 4.46. The molecule has 1 aromatic carbocycles. The molecule has 5 heteroatoms. The Balaban J connectivity index is 3.09. The summed E-state index contributed by atoms with van der Waals surface area (Å²) in [5.41, 5.74) is 1.37. The molecule has 0 fully saturated rings. The Morgan fingerprint density at radius 2 is 2.11 bits per heavy atom. The fourth-order valence-electron chi connectivity index (χ4n) is 1.75. The Hall–Kier alpha value is -1.54. The lowest BCUT2D eigenvalue weighted by Crippen LogP contribution is -2.37. The molecule has 0 aliphatic rings. The minimum absolute atomic E-state index is 0.0253. The number of carbonyl (C=O) groups is 1. The molecular formula is C14H18BrN3O. The van der Waals surface area contributed by atoms with Crippen molar-refractivity contribution in [3.63, 3.8) is 0 Å². The zero-order valence-electron chi connectivity index (χ0n) is 11.5. The van der Waals surface area contributed by atoms with Crippen LogP contribution in [-0.2, 0) is 4.79 Å². The number of hydrogen-bond donors (Lipinski definition) is 0. The van der Waals surface area contributed by atoms with E-state index in [4.69, 9.17) is 0 Å². The second-order valence-corrected chi connectivity index (χ2v) is 5.31. The van der Waals surface area contributed by atoms with Crippen LogP contribution >= 0.6 is 15.9 Å². The van der Waals surface area contributed by atoms with Crippen LogP contribution in [-0.4, -0.2) is 38.0 Å². The van der Waals surface area contributed by atoms with Gasteiger partial charge in [-0.15, -0.1) is 0 Å². The summed E-state index contributed by atoms with van der Waals surface area (Å²) in [7, 11) is 3.47. The molecule has 0 aromatic heterocycles. The molecule has 0 spiro atoms. The van der Waals surface area contributed by atoms with Gasteiger partial charge in [-0.05, 0) is 34.5 Å². The lowest BCUT2D eigenvalue weighted by Gasteiger charge is -2.26. The summed E-state index contributed by atoms with van der Waals surface area (Å²) in [5, 5.41) is 9.26. The number of rotatable bonds is 5. The van der Waals surface area contributed by atoms with Crippen LogP contribution < -0.4 is 4.90 Å². The quantitative estimate of drug-likeness (QED) is 0.836. The zero-order valence-corrected chi connectivity index (χ0v) is 13.1. The largest absolute Gasteiger partial charge is 0.361 e. The van der Waals surface area contributed by atoms with Gasteiger partial charge in [-0.2, -0.15) is 5.26 Å². The highest BCUT2D eigenvalue weighted by molar-refractivity contribution is 9.10. The number of halogens is 1. The number of likely N-dealkylation sites (N-methyl/N-ethyl adjacent to an activating group) is 1. The summed E-state index contributed by atoms with van der Waals surface area (Å²) in [6.45, 7) is 3.08. The van der Waals surface area contributed by atoms with E-state index in [0.29, 0.717) is 5.56 Å². The summed E-state index contributed by atoms with van der Waals surface area (Å²) in [5.74, 6) is 0.0253. The minimum Gasteiger partial charge on any atom is -0.361 e. The monoisotopic (exact) mass is 323 g/mol. The van der Waals surface area contributed by atoms with Crippen molar-refractivity contribution in [2.75, 3.05) is 32.1 Å². The molecule has 19 heavy (non-hydrogen) atoms. The van der Waals surface area contributed by atoms with Crippen LogP contribution in [0.25, 0.3) is 0 Å². The first-order valence-electron chi connectivity index (χ1n) is 6.15. The van der Waals surface area contributed by atoms with Crippen LogP contribution in [0.2, 0.25) is 0 Å². The molecule has 0 saturated carbocycles. The average molecular weight is 324 g/mol. The maximum atomic E-state index is 11.9. The van der Waals surface area contributed by atoms with Gasteiger partial charge >= 0.3 is 0 Å². The van der Waals surface area contributed by atoms with E-state index in [0.717, 1.165) is 23.1 Å². The minimum atomic E-state index is 0.0253. The highest BCUT2D eigenvalue weighted by atomic mass is 79.9. The SMILES string of the molecule is CCCN(CC(=O)N(C)C)c1cccc(Br)c1C#N. The highest BCUT2D eigenvalue weighted by Crippen LogP contribution is 2.27. The lowest BCUT2D eigenvalue weighted by atomic mass is 10.1. The van der Waals surface area contributed by atoms with E-state index in [1.165, 1.54) is 0 Å². The van der Waals surface area contributed by atoms with Crippen molar-refractivity contribution in [1.29, 1.82) is 5.26 Å². The van der Waals surface area contributed by atoms with Crippen molar-refractivity contribution in [2.45, 2.75) is 13.3 Å². The fraction of sp³-hybridized carbons (Fsp3) is 0.429. The summed E-state index contributed by atoms with van der Waals surface area (Å²) in [6.07, 6.45) is 0.915. The predicted molar refractivity (Wildman–Crippen MR) is 80.1 cm³/mol. The van der Waals surface area contributed by atoms with Gasteiger partial charge in [0.15, 0.2) is 0 Å². The number of amides is 1. The molecule has 0 heterocycles. The Morgan fingerprint density at radius 1 is 1.42 bits per heavy atom. The Labute approximate surface area is 122 Å². The molecule has 102 valence electrons. The van der Waals surface area contributed by atoms with E-state index in [9.17, 15) is 10.1 Å². The van der Waals surface area contributed by atoms with Crippen molar-refractivity contribution >= 4 is 27.5 Å². The summed E-state index contributed by atoms with van der Waals surface area (Å²) in [4.78, 5) is 15.4. The van der Waals surface area contributed by atoms with Crippen molar-refractivity contribution in [2.24, 2.45) is 0 Å². The number of benzene rings is 1. The van der Waals surface area contributed by atoms with Crippen molar-refractivity contribution in [3.8, 4) is 6.07 Å². The summed E-state index contributed by atoms with van der Waals surface area (Å²) >= 11 is 3.38. The van der Waals surface area contributed by atoms with Gasteiger partial charge in [-0.25, -0.2) is 0 Å². The smallest absolute Gasteiger partial charge is 0.241 e. The number of nitriles is 1. The maximum absolute atomic E-state index is 11.9. The van der Waals surface area contributed by atoms with Crippen LogP contribution in [0.4, 0.5) is 5.69 Å². The number of anilines is 1. The fourth-order valence-corrected chi connectivity index (χ4v) is 2.19. The van der Waals surface area contributed by atoms with Crippen molar-refractivity contribution < 1.29 is 4.79 Å². The third kappa shape index (κ3) is 3.97. The van der Waals surface area contributed by atoms with Gasteiger partial charge in [0.05, 0.1) is 17.8 Å². The molecule has 0 radical (unpaired) electrons. The Morgan fingerprint density at radius 3 is 2.63 bits per heavy atom. The Bertz CT molecular complexity index is 494. The molecule has 0 unspecified atom stereocenters. The summed E-state index contributed by atoms with van der Waals surface area (Å²) in [6, 6.07) is 7.78. The first kappa shape index (κ1) is 15.5. The van der Waals surface area contributed by atoms with E-state index in [1.807, 2.05) is 23.1 Å². The van der Waals surface area contributed by atoms with Gasteiger partial charge in [0.2, 0.25) is 5.91 Å². The molecule has 1 aromatic rings. The first-order valence-corrected chi connectivity index (χ1v) is 6.94. The van der Waals surface area contributed by atoms with E-state index in [2.05, 4.69) is 28.9 Å². The average Bonchev–Trinajstić information content (AvgIpc) is 2.37. The highest BCUT2D eigenvalue weighted by Gasteiger charge is 2.16. The third-order valence-corrected chi connectivity index (χ3v) is 3.42. The van der Waals surface area contributed by atoms with E-state index in [1.54, 1.807) is 19.0 Å². The third-order valence-electron chi connectivity index (χ3n) is 2.76. The van der Waals surface area contributed by atoms with Gasteiger partial charge < -0.3 is 9.80 Å². The number of carbonyl (C=O) groups excluding carboxylic acids is 1. The predicted octanol–water partition coefficient (Wildman–Crippen LogP) is 2.63. The first-order chi connectivity index (χ1) is 9.01. The number of nitrogens with zero attached hydrogens (tertiary/aromatic N) is 3. The Kier molecular flexibility index (Phi) is 5.84. The summed E-state index contributed by atoms with van der Waals surface area (Å²) < 4.78 is 0.755. The van der Waals surface area contributed by atoms with Crippen LogP contribution in [0.15, 0.2) is 22.7 Å². The van der Waals surface area contributed by atoms with Gasteiger partial charge in [0.1, 0.15) is 6.07 Å². The van der Waals surface area contributed by atoms with Crippen LogP contribution in [0, 0.1) is 11.3 Å². The molecule has 0 aliphatic carbocycles. The van der Waals surface area contributed by atoms with E-state index < -0.39 is 0 Å². The lowest BCUT2D eigenvalue weighted by molar-refractivity contribution is -0.127. The topological polar surface area (TPSA) is 47.3 Å². The molecule has 0 aliphatic heterocycles. The van der Waals surface area contributed by atoms with Gasteiger partial charge in [0, 0.05) is 25.1 Å². The van der Waals surface area contributed by atoms with Gasteiger partial charge in [-0.1, -0.05) is 13.0 Å². The van der Waals surface area contributed by atoms with Crippen LogP contribution in [0.5, 0.6) is 0 Å². The molecule has 0 N–H and O–H groups in total. The molecule has 1 amide bonds. The zero-order chi connectivity index (χ0) is 14.4. The van der Waals surface area contributed by atoms with E-state index >= 15 is 0 Å². The van der Waals surface area contributed by atoms with Gasteiger partial charge in [0.25, 0.3) is 0 Å². The molecule has 0 atom stereocenters. The molecule has 1 rings (SSSR count). The normalized spacial score (nSPS) is 9.84. The van der Waals surface area contributed by atoms with Gasteiger partial charge in [-0.3, -0.25) is 4.79 Å². The maximum Gasteiger partial charge on any atom is 0.241 e. The molecule has 0 bridgehead atoms.